The van der Waals surface area contributed by atoms with Crippen LogP contribution in [0.15, 0.2) is 50.1 Å². The molecule has 0 saturated carbocycles. The van der Waals surface area contributed by atoms with Crippen LogP contribution in [0.5, 0.6) is 5.75 Å². The summed E-state index contributed by atoms with van der Waals surface area (Å²) in [4.78, 5) is 24.5. The number of carbonyl (C=O) groups excluding carboxylic acids is 1. The molecule has 0 atom stereocenters. The second-order valence-electron chi connectivity index (χ2n) is 6.55. The molecule has 1 heterocycles. The molecule has 1 aromatic heterocycles. The summed E-state index contributed by atoms with van der Waals surface area (Å²) in [5.41, 5.74) is 2.47. The van der Waals surface area contributed by atoms with Crippen molar-refractivity contribution in [3.05, 3.63) is 73.0 Å². The first-order chi connectivity index (χ1) is 13.0. The van der Waals surface area contributed by atoms with Crippen molar-refractivity contribution in [1.82, 2.24) is 0 Å². The lowest BCUT2D eigenvalue weighted by atomic mass is 9.91. The van der Waals surface area contributed by atoms with Crippen molar-refractivity contribution in [2.24, 2.45) is 0 Å². The average molecular weight is 448 g/mol. The van der Waals surface area contributed by atoms with Gasteiger partial charge in [0.25, 0.3) is 0 Å². The number of benzene rings is 2. The summed E-state index contributed by atoms with van der Waals surface area (Å²) in [7, 11) is 0. The van der Waals surface area contributed by atoms with E-state index in [4.69, 9.17) is 20.8 Å². The first-order valence-electron chi connectivity index (χ1n) is 8.72. The largest absolute Gasteiger partial charge is 0.484 e. The Morgan fingerprint density at radius 2 is 1.81 bits per heavy atom. The number of halogens is 2. The first kappa shape index (κ1) is 18.3. The molecule has 3 aromatic rings. The van der Waals surface area contributed by atoms with Gasteiger partial charge in [-0.2, -0.15) is 0 Å². The van der Waals surface area contributed by atoms with Gasteiger partial charge in [0.2, 0.25) is 0 Å². The molecule has 0 spiro atoms. The van der Waals surface area contributed by atoms with Crippen molar-refractivity contribution in [3.8, 4) is 5.75 Å². The zero-order valence-corrected chi connectivity index (χ0v) is 16.7. The fourth-order valence-corrected chi connectivity index (χ4v) is 3.90. The van der Waals surface area contributed by atoms with Gasteiger partial charge >= 0.3 is 5.63 Å². The van der Waals surface area contributed by atoms with E-state index < -0.39 is 0 Å². The molecule has 27 heavy (non-hydrogen) atoms. The third-order valence-electron chi connectivity index (χ3n) is 4.80. The highest BCUT2D eigenvalue weighted by atomic mass is 79.9. The summed E-state index contributed by atoms with van der Waals surface area (Å²) in [5, 5.41) is 1.24. The predicted molar refractivity (Wildman–Crippen MR) is 108 cm³/mol. The summed E-state index contributed by atoms with van der Waals surface area (Å²) in [6, 6.07) is 10.4. The van der Waals surface area contributed by atoms with Crippen LogP contribution < -0.4 is 10.4 Å². The number of Topliss-reactive ketones (excluding diaryl/α,β-unsaturated/α-hetero) is 1. The third kappa shape index (κ3) is 3.66. The van der Waals surface area contributed by atoms with Gasteiger partial charge in [0.1, 0.15) is 11.3 Å². The minimum absolute atomic E-state index is 0.151. The zero-order chi connectivity index (χ0) is 19.0. The number of carbonyl (C=O) groups is 1. The Labute approximate surface area is 169 Å². The fourth-order valence-electron chi connectivity index (χ4n) is 3.42. The summed E-state index contributed by atoms with van der Waals surface area (Å²) >= 11 is 9.71. The normalized spacial score (nSPS) is 13.4. The van der Waals surface area contributed by atoms with Crippen molar-refractivity contribution in [1.29, 1.82) is 0 Å². The molecule has 1 aliphatic rings. The number of ether oxygens (including phenoxy) is 1. The molecule has 0 N–H and O–H groups in total. The first-order valence-corrected chi connectivity index (χ1v) is 9.89. The van der Waals surface area contributed by atoms with E-state index in [1.54, 1.807) is 36.4 Å². The van der Waals surface area contributed by atoms with Crippen LogP contribution in [0, 0.1) is 0 Å². The Bertz CT molecular complexity index is 1090. The highest BCUT2D eigenvalue weighted by Gasteiger charge is 2.20. The van der Waals surface area contributed by atoms with Crippen LogP contribution in [-0.2, 0) is 12.8 Å². The lowest BCUT2D eigenvalue weighted by molar-refractivity contribution is 0.0921. The van der Waals surface area contributed by atoms with Crippen molar-refractivity contribution in [2.45, 2.75) is 25.7 Å². The molecule has 1 aliphatic carbocycles. The van der Waals surface area contributed by atoms with E-state index in [0.29, 0.717) is 21.9 Å². The molecule has 0 saturated heterocycles. The lowest BCUT2D eigenvalue weighted by Crippen LogP contribution is -2.16. The van der Waals surface area contributed by atoms with Gasteiger partial charge in [0.05, 0.1) is 5.02 Å². The van der Waals surface area contributed by atoms with Crippen LogP contribution in [0.2, 0.25) is 5.02 Å². The van der Waals surface area contributed by atoms with Gasteiger partial charge in [-0.3, -0.25) is 4.79 Å². The highest BCUT2D eigenvalue weighted by molar-refractivity contribution is 9.10. The van der Waals surface area contributed by atoms with Crippen LogP contribution >= 0.6 is 27.5 Å². The molecule has 0 aliphatic heterocycles. The molecule has 0 radical (unpaired) electrons. The molecule has 0 bridgehead atoms. The Kier molecular flexibility index (Phi) is 5.06. The maximum atomic E-state index is 12.3. The van der Waals surface area contributed by atoms with Crippen LogP contribution in [0.1, 0.15) is 34.3 Å². The fraction of sp³-hybridized carbons (Fsp3) is 0.238. The topological polar surface area (TPSA) is 56.5 Å². The van der Waals surface area contributed by atoms with Gasteiger partial charge < -0.3 is 9.15 Å². The molecule has 138 valence electrons. The molecular weight excluding hydrogens is 432 g/mol. The van der Waals surface area contributed by atoms with Gasteiger partial charge in [0.15, 0.2) is 12.4 Å². The summed E-state index contributed by atoms with van der Waals surface area (Å²) in [6.45, 7) is -0.151. The summed E-state index contributed by atoms with van der Waals surface area (Å²) < 4.78 is 12.0. The van der Waals surface area contributed by atoms with Crippen LogP contribution in [0.25, 0.3) is 11.0 Å². The summed E-state index contributed by atoms with van der Waals surface area (Å²) in [5.74, 6) is 0.166. The summed E-state index contributed by atoms with van der Waals surface area (Å²) in [6.07, 6.45) is 3.63. The molecular formula is C21H16BrClO4. The van der Waals surface area contributed by atoms with E-state index >= 15 is 0 Å². The van der Waals surface area contributed by atoms with Crippen molar-refractivity contribution in [2.75, 3.05) is 6.61 Å². The minimum Gasteiger partial charge on any atom is -0.484 e. The lowest BCUT2D eigenvalue weighted by Gasteiger charge is -2.17. The van der Waals surface area contributed by atoms with E-state index in [-0.39, 0.29) is 18.0 Å². The van der Waals surface area contributed by atoms with Crippen LogP contribution in [0.4, 0.5) is 0 Å². The molecule has 4 rings (SSSR count). The van der Waals surface area contributed by atoms with Gasteiger partial charge in [0, 0.05) is 27.1 Å². The van der Waals surface area contributed by atoms with E-state index in [0.717, 1.165) is 46.7 Å². The smallest absolute Gasteiger partial charge is 0.339 e. The number of fused-ring (bicyclic) bond motifs is 3. The van der Waals surface area contributed by atoms with E-state index in [1.165, 1.54) is 0 Å². The molecule has 0 amide bonds. The van der Waals surface area contributed by atoms with E-state index in [9.17, 15) is 9.59 Å². The standard InChI is InChI=1S/C21H16BrClO4/c22-13-7-5-12(6-8-13)18(24)11-26-20-10-19-16(9-17(20)23)14-3-1-2-4-15(14)21(25)27-19/h5-10H,1-4,11H2. The molecule has 0 unspecified atom stereocenters. The van der Waals surface area contributed by atoms with Crippen molar-refractivity contribution >= 4 is 44.3 Å². The molecule has 0 fully saturated rings. The Hall–Kier alpha value is -2.11. The Morgan fingerprint density at radius 1 is 1.11 bits per heavy atom. The number of hydrogen-bond acceptors (Lipinski definition) is 4. The average Bonchev–Trinajstić information content (AvgIpc) is 2.68. The maximum Gasteiger partial charge on any atom is 0.339 e. The Balaban J connectivity index is 1.62. The van der Waals surface area contributed by atoms with Crippen LogP contribution in [-0.4, -0.2) is 12.4 Å². The van der Waals surface area contributed by atoms with Gasteiger partial charge in [-0.25, -0.2) is 4.79 Å². The quantitative estimate of drug-likeness (QED) is 0.400. The second-order valence-corrected chi connectivity index (χ2v) is 7.87. The number of hydrogen-bond donors (Lipinski definition) is 0. The second kappa shape index (κ2) is 7.49. The maximum absolute atomic E-state index is 12.3. The SMILES string of the molecule is O=C(COc1cc2oc(=O)c3c(c2cc1Cl)CCCC3)c1ccc(Br)cc1. The van der Waals surface area contributed by atoms with E-state index in [1.807, 2.05) is 0 Å². The van der Waals surface area contributed by atoms with Gasteiger partial charge in [-0.15, -0.1) is 0 Å². The van der Waals surface area contributed by atoms with E-state index in [2.05, 4.69) is 15.9 Å². The monoisotopic (exact) mass is 446 g/mol. The molecule has 2 aromatic carbocycles. The van der Waals surface area contributed by atoms with Gasteiger partial charge in [-0.05, 0) is 49.4 Å². The number of aryl methyl sites for hydroxylation is 1. The number of rotatable bonds is 4. The zero-order valence-electron chi connectivity index (χ0n) is 14.4. The molecule has 6 heteroatoms. The molecule has 4 nitrogen and oxygen atoms in total. The highest BCUT2D eigenvalue weighted by Crippen LogP contribution is 2.34. The van der Waals surface area contributed by atoms with Gasteiger partial charge in [-0.1, -0.05) is 39.7 Å². The van der Waals surface area contributed by atoms with Crippen molar-refractivity contribution in [3.63, 3.8) is 0 Å². The third-order valence-corrected chi connectivity index (χ3v) is 5.63. The van der Waals surface area contributed by atoms with Crippen LogP contribution in [0.3, 0.4) is 0 Å². The predicted octanol–water partition coefficient (Wildman–Crippen LogP) is 5.35. The number of ketones is 1. The Morgan fingerprint density at radius 3 is 2.56 bits per heavy atom. The van der Waals surface area contributed by atoms with Crippen molar-refractivity contribution < 1.29 is 13.9 Å². The minimum atomic E-state index is -0.295.